The summed E-state index contributed by atoms with van der Waals surface area (Å²) in [6.45, 7) is 13.8. The molecule has 1 fully saturated rings. The molecule has 0 radical (unpaired) electrons. The second kappa shape index (κ2) is 10.3. The maximum absolute atomic E-state index is 13.1. The van der Waals surface area contributed by atoms with Crippen molar-refractivity contribution in [2.75, 3.05) is 31.2 Å². The van der Waals surface area contributed by atoms with Gasteiger partial charge in [-0.25, -0.2) is 0 Å². The third-order valence-electron chi connectivity index (χ3n) is 5.17. The van der Waals surface area contributed by atoms with Crippen LogP contribution in [-0.2, 0) is 16.1 Å². The molecule has 0 bridgehead atoms. The molecule has 1 unspecified atom stereocenters. The van der Waals surface area contributed by atoms with E-state index in [0.29, 0.717) is 19.8 Å². The van der Waals surface area contributed by atoms with E-state index in [2.05, 4.69) is 59.5 Å². The Hall–Kier alpha value is -2.06. The molecule has 1 amide bonds. The van der Waals surface area contributed by atoms with Gasteiger partial charge in [0.1, 0.15) is 0 Å². The summed E-state index contributed by atoms with van der Waals surface area (Å²) in [6.07, 6.45) is 0. The number of hydrogen-bond donors (Lipinski definition) is 0. The average molecular weight is 432 g/mol. The number of carbonyl (C=O) groups is 1. The molecule has 1 aromatic carbocycles. The molecular weight excluding hydrogens is 398 g/mol. The lowest BCUT2D eigenvalue weighted by Gasteiger charge is -2.33. The van der Waals surface area contributed by atoms with Crippen LogP contribution in [0.15, 0.2) is 35.5 Å². The number of nitrogens with zero attached hydrogens (tertiary/aromatic N) is 5. The summed E-state index contributed by atoms with van der Waals surface area (Å²) < 4.78 is 7.63. The highest BCUT2D eigenvalue weighted by molar-refractivity contribution is 8.00. The van der Waals surface area contributed by atoms with Crippen LogP contribution < -0.4 is 4.90 Å². The molecule has 8 heteroatoms. The lowest BCUT2D eigenvalue weighted by molar-refractivity contribution is -0.133. The van der Waals surface area contributed by atoms with Crippen molar-refractivity contribution in [1.29, 1.82) is 0 Å². The first-order valence-corrected chi connectivity index (χ1v) is 11.5. The quantitative estimate of drug-likeness (QED) is 0.598. The number of benzene rings is 1. The van der Waals surface area contributed by atoms with E-state index in [-0.39, 0.29) is 23.2 Å². The fourth-order valence-electron chi connectivity index (χ4n) is 3.79. The van der Waals surface area contributed by atoms with Crippen LogP contribution in [0.3, 0.4) is 0 Å². The van der Waals surface area contributed by atoms with Gasteiger partial charge >= 0.3 is 0 Å². The Morgan fingerprint density at radius 3 is 2.30 bits per heavy atom. The normalized spacial score (nSPS) is 15.6. The molecule has 3 rings (SSSR count). The predicted molar refractivity (Wildman–Crippen MR) is 121 cm³/mol. The molecule has 0 spiro atoms. The smallest absolute Gasteiger partial charge is 0.236 e. The molecule has 30 heavy (non-hydrogen) atoms. The van der Waals surface area contributed by atoms with Crippen LogP contribution in [0.5, 0.6) is 0 Å². The summed E-state index contributed by atoms with van der Waals surface area (Å²) in [5.74, 6) is 0.973. The van der Waals surface area contributed by atoms with Crippen molar-refractivity contribution in [2.24, 2.45) is 0 Å². The Bertz CT molecular complexity index is 810. The van der Waals surface area contributed by atoms with Gasteiger partial charge in [-0.2, -0.15) is 0 Å². The highest BCUT2D eigenvalue weighted by Crippen LogP contribution is 2.28. The number of rotatable bonds is 8. The van der Waals surface area contributed by atoms with Gasteiger partial charge in [-0.1, -0.05) is 42.1 Å². The van der Waals surface area contributed by atoms with Crippen molar-refractivity contribution < 1.29 is 9.53 Å². The molecular formula is C22H33N5O2S. The van der Waals surface area contributed by atoms with Crippen molar-refractivity contribution in [2.45, 2.75) is 63.7 Å². The lowest BCUT2D eigenvalue weighted by Crippen LogP contribution is -2.45. The van der Waals surface area contributed by atoms with Gasteiger partial charge in [0, 0.05) is 25.2 Å². The van der Waals surface area contributed by atoms with E-state index < -0.39 is 0 Å². The fourth-order valence-corrected chi connectivity index (χ4v) is 4.69. The number of thioether (sulfide) groups is 1. The number of anilines is 1. The molecule has 1 aliphatic rings. The minimum absolute atomic E-state index is 0.132. The number of amides is 1. The van der Waals surface area contributed by atoms with E-state index in [4.69, 9.17) is 4.74 Å². The maximum Gasteiger partial charge on any atom is 0.236 e. The van der Waals surface area contributed by atoms with Crippen LogP contribution in [0, 0.1) is 0 Å². The Morgan fingerprint density at radius 1 is 1.07 bits per heavy atom. The number of hydrogen-bond acceptors (Lipinski definition) is 6. The highest BCUT2D eigenvalue weighted by atomic mass is 32.2. The van der Waals surface area contributed by atoms with Gasteiger partial charge in [0.2, 0.25) is 11.9 Å². The van der Waals surface area contributed by atoms with Crippen molar-refractivity contribution in [3.05, 3.63) is 35.9 Å². The summed E-state index contributed by atoms with van der Waals surface area (Å²) in [4.78, 5) is 17.3. The van der Waals surface area contributed by atoms with Crippen molar-refractivity contribution in [3.63, 3.8) is 0 Å². The zero-order valence-electron chi connectivity index (χ0n) is 18.6. The van der Waals surface area contributed by atoms with Crippen LogP contribution in [0.4, 0.5) is 5.95 Å². The molecule has 0 saturated carbocycles. The Labute approximate surface area is 183 Å². The largest absolute Gasteiger partial charge is 0.378 e. The number of carbonyl (C=O) groups excluding carboxylic acids is 1. The van der Waals surface area contributed by atoms with Crippen LogP contribution in [0.25, 0.3) is 0 Å². The van der Waals surface area contributed by atoms with Gasteiger partial charge in [-0.3, -0.25) is 9.36 Å². The SMILES string of the molecule is CC(Sc1nnc(N2CCOCC2)n1Cc1ccccc1)C(=O)N(C(C)C)C(C)C. The zero-order valence-corrected chi connectivity index (χ0v) is 19.4. The number of aromatic nitrogens is 3. The summed E-state index contributed by atoms with van der Waals surface area (Å²) in [5, 5.41) is 9.51. The molecule has 7 nitrogen and oxygen atoms in total. The molecule has 164 valence electrons. The minimum Gasteiger partial charge on any atom is -0.378 e. The van der Waals surface area contributed by atoms with E-state index in [0.717, 1.165) is 24.2 Å². The fraction of sp³-hybridized carbons (Fsp3) is 0.591. The van der Waals surface area contributed by atoms with Gasteiger partial charge in [0.15, 0.2) is 5.16 Å². The molecule has 2 aromatic rings. The van der Waals surface area contributed by atoms with Crippen molar-refractivity contribution >= 4 is 23.6 Å². The van der Waals surface area contributed by atoms with Crippen LogP contribution in [0.1, 0.15) is 40.2 Å². The van der Waals surface area contributed by atoms with Gasteiger partial charge in [-0.15, -0.1) is 10.2 Å². The van der Waals surface area contributed by atoms with Gasteiger partial charge in [0.05, 0.1) is 25.0 Å². The van der Waals surface area contributed by atoms with Gasteiger partial charge in [-0.05, 0) is 40.2 Å². The molecule has 0 aliphatic carbocycles. The van der Waals surface area contributed by atoms with Crippen LogP contribution >= 0.6 is 11.8 Å². The predicted octanol–water partition coefficient (Wildman–Crippen LogP) is 3.29. The molecule has 1 aromatic heterocycles. The Balaban J connectivity index is 1.86. The van der Waals surface area contributed by atoms with Crippen molar-refractivity contribution in [3.8, 4) is 0 Å². The lowest BCUT2D eigenvalue weighted by atomic mass is 10.2. The van der Waals surface area contributed by atoms with E-state index in [1.807, 2.05) is 30.0 Å². The third kappa shape index (κ3) is 5.35. The zero-order chi connectivity index (χ0) is 21.7. The van der Waals surface area contributed by atoms with E-state index >= 15 is 0 Å². The van der Waals surface area contributed by atoms with E-state index in [9.17, 15) is 4.79 Å². The Kier molecular flexibility index (Phi) is 7.77. The van der Waals surface area contributed by atoms with E-state index in [1.165, 1.54) is 17.3 Å². The first-order chi connectivity index (χ1) is 14.4. The summed E-state index contributed by atoms with van der Waals surface area (Å²) in [6, 6.07) is 10.6. The van der Waals surface area contributed by atoms with Gasteiger partial charge in [0.25, 0.3) is 0 Å². The first-order valence-electron chi connectivity index (χ1n) is 10.7. The molecule has 0 N–H and O–H groups in total. The standard InChI is InChI=1S/C22H33N5O2S/c1-16(2)27(17(3)4)20(28)18(5)30-22-24-23-21(25-11-13-29-14-12-25)26(22)15-19-9-7-6-8-10-19/h6-10,16-18H,11-15H2,1-5H3. The first kappa shape index (κ1) is 22.6. The molecule has 1 aliphatic heterocycles. The van der Waals surface area contributed by atoms with Crippen LogP contribution in [-0.4, -0.2) is 69.2 Å². The minimum atomic E-state index is -0.244. The summed E-state index contributed by atoms with van der Waals surface area (Å²) in [5.41, 5.74) is 1.18. The molecule has 2 heterocycles. The average Bonchev–Trinajstić information content (AvgIpc) is 3.11. The number of ether oxygens (including phenoxy) is 1. The van der Waals surface area contributed by atoms with Crippen molar-refractivity contribution in [1.82, 2.24) is 19.7 Å². The number of morpholine rings is 1. The summed E-state index contributed by atoms with van der Waals surface area (Å²) in [7, 11) is 0. The third-order valence-corrected chi connectivity index (χ3v) is 6.24. The van der Waals surface area contributed by atoms with Gasteiger partial charge < -0.3 is 14.5 Å². The maximum atomic E-state index is 13.1. The molecule has 1 atom stereocenters. The topological polar surface area (TPSA) is 63.5 Å². The monoisotopic (exact) mass is 431 g/mol. The summed E-state index contributed by atoms with van der Waals surface area (Å²) >= 11 is 1.49. The molecule has 1 saturated heterocycles. The second-order valence-electron chi connectivity index (χ2n) is 8.15. The van der Waals surface area contributed by atoms with E-state index in [1.54, 1.807) is 0 Å². The highest BCUT2D eigenvalue weighted by Gasteiger charge is 2.28. The Morgan fingerprint density at radius 2 is 1.70 bits per heavy atom. The second-order valence-corrected chi connectivity index (χ2v) is 9.45. The van der Waals surface area contributed by atoms with Crippen LogP contribution in [0.2, 0.25) is 0 Å².